The highest BCUT2D eigenvalue weighted by atomic mass is 16.5. The van der Waals surface area contributed by atoms with E-state index in [1.54, 1.807) is 6.07 Å². The van der Waals surface area contributed by atoms with Crippen molar-refractivity contribution in [1.82, 2.24) is 9.55 Å². The number of rotatable bonds is 6. The van der Waals surface area contributed by atoms with Gasteiger partial charge in [-0.25, -0.2) is 9.78 Å². The summed E-state index contributed by atoms with van der Waals surface area (Å²) in [5, 5.41) is 13.1. The van der Waals surface area contributed by atoms with Gasteiger partial charge in [0.25, 0.3) is 0 Å². The van der Waals surface area contributed by atoms with E-state index in [2.05, 4.69) is 23.7 Å². The van der Waals surface area contributed by atoms with Crippen molar-refractivity contribution < 1.29 is 14.6 Å². The van der Waals surface area contributed by atoms with Crippen LogP contribution in [0, 0.1) is 12.3 Å². The zero-order chi connectivity index (χ0) is 23.0. The molecule has 0 bridgehead atoms. The van der Waals surface area contributed by atoms with Gasteiger partial charge in [-0.2, -0.15) is 0 Å². The number of carboxylic acid groups (broad SMARTS) is 1. The number of hydrogen-bond donors (Lipinski definition) is 2. The molecular formula is C26H33N3O3. The molecule has 170 valence electrons. The number of benzene rings is 2. The summed E-state index contributed by atoms with van der Waals surface area (Å²) < 4.78 is 8.04. The van der Waals surface area contributed by atoms with Gasteiger partial charge in [0.1, 0.15) is 5.75 Å². The number of nitrogens with one attached hydrogen (secondary N) is 1. The molecule has 32 heavy (non-hydrogen) atoms. The van der Waals surface area contributed by atoms with Crippen molar-refractivity contribution in [2.24, 2.45) is 5.41 Å². The fourth-order valence-electron chi connectivity index (χ4n) is 4.83. The van der Waals surface area contributed by atoms with Crippen LogP contribution >= 0.6 is 0 Å². The van der Waals surface area contributed by atoms with E-state index in [4.69, 9.17) is 9.72 Å². The molecule has 0 unspecified atom stereocenters. The molecule has 1 aliphatic carbocycles. The van der Waals surface area contributed by atoms with Crippen LogP contribution in [0.2, 0.25) is 0 Å². The highest BCUT2D eigenvalue weighted by Gasteiger charge is 2.31. The highest BCUT2D eigenvalue weighted by molar-refractivity contribution is 5.95. The first-order valence-corrected chi connectivity index (χ1v) is 11.4. The van der Waals surface area contributed by atoms with Gasteiger partial charge in [0.2, 0.25) is 5.95 Å². The van der Waals surface area contributed by atoms with Crippen molar-refractivity contribution >= 4 is 28.6 Å². The quantitative estimate of drug-likeness (QED) is 0.450. The molecule has 1 atom stereocenters. The summed E-state index contributed by atoms with van der Waals surface area (Å²) in [6.45, 7) is 10.5. The maximum atomic E-state index is 11.7. The average molecular weight is 436 g/mol. The van der Waals surface area contributed by atoms with Gasteiger partial charge in [0, 0.05) is 11.7 Å². The maximum absolute atomic E-state index is 11.7. The Kier molecular flexibility index (Phi) is 5.89. The monoisotopic (exact) mass is 435 g/mol. The Bertz CT molecular complexity index is 1130. The molecule has 1 aliphatic rings. The lowest BCUT2D eigenvalue weighted by Gasteiger charge is -2.36. The van der Waals surface area contributed by atoms with Crippen LogP contribution in [0.4, 0.5) is 11.6 Å². The van der Waals surface area contributed by atoms with Gasteiger partial charge in [-0.1, -0.05) is 20.3 Å². The summed E-state index contributed by atoms with van der Waals surface area (Å²) in [6.07, 6.45) is 4.67. The summed E-state index contributed by atoms with van der Waals surface area (Å²) in [5.74, 6) is 0.657. The Hall–Kier alpha value is -3.02. The number of aromatic nitrogens is 2. The van der Waals surface area contributed by atoms with Gasteiger partial charge >= 0.3 is 5.97 Å². The molecule has 6 heteroatoms. The Morgan fingerprint density at radius 3 is 2.59 bits per heavy atom. The van der Waals surface area contributed by atoms with Crippen LogP contribution < -0.4 is 10.1 Å². The van der Waals surface area contributed by atoms with E-state index in [0.717, 1.165) is 41.3 Å². The fourth-order valence-corrected chi connectivity index (χ4v) is 4.83. The topological polar surface area (TPSA) is 76.4 Å². The highest BCUT2D eigenvalue weighted by Crippen LogP contribution is 2.43. The molecule has 1 saturated carbocycles. The summed E-state index contributed by atoms with van der Waals surface area (Å²) in [5.41, 5.74) is 3.93. The number of aromatic carboxylic acids is 1. The lowest BCUT2D eigenvalue weighted by Crippen LogP contribution is -2.25. The molecular weight excluding hydrogens is 402 g/mol. The third-order valence-corrected chi connectivity index (χ3v) is 6.29. The summed E-state index contributed by atoms with van der Waals surface area (Å²) in [6, 6.07) is 11.8. The molecule has 2 aromatic carbocycles. The van der Waals surface area contributed by atoms with Gasteiger partial charge in [-0.3, -0.25) is 0 Å². The van der Waals surface area contributed by atoms with Crippen LogP contribution in [-0.2, 0) is 0 Å². The zero-order valence-corrected chi connectivity index (χ0v) is 19.6. The molecule has 1 fully saturated rings. The number of fused-ring (bicyclic) bond motifs is 1. The van der Waals surface area contributed by atoms with Crippen LogP contribution in [0.25, 0.3) is 11.0 Å². The Morgan fingerprint density at radius 2 is 1.97 bits per heavy atom. The van der Waals surface area contributed by atoms with E-state index in [-0.39, 0.29) is 11.5 Å². The van der Waals surface area contributed by atoms with E-state index in [1.807, 2.05) is 51.1 Å². The fraction of sp³-hybridized carbons (Fsp3) is 0.462. The molecule has 0 saturated heterocycles. The minimum Gasteiger partial charge on any atom is -0.491 e. The van der Waals surface area contributed by atoms with Crippen LogP contribution in [-0.4, -0.2) is 26.7 Å². The van der Waals surface area contributed by atoms with E-state index >= 15 is 0 Å². The Morgan fingerprint density at radius 1 is 1.25 bits per heavy atom. The van der Waals surface area contributed by atoms with Crippen LogP contribution in [0.15, 0.2) is 36.4 Å². The minimum absolute atomic E-state index is 0.124. The molecule has 3 aromatic rings. The number of nitrogens with zero attached hydrogens (tertiary/aromatic N) is 2. The van der Waals surface area contributed by atoms with Gasteiger partial charge in [-0.15, -0.1) is 0 Å². The lowest BCUT2D eigenvalue weighted by molar-refractivity contribution is 0.0696. The normalized spacial score (nSPS) is 18.1. The second-order valence-corrected chi connectivity index (χ2v) is 10.00. The van der Waals surface area contributed by atoms with Crippen LogP contribution in [0.5, 0.6) is 5.75 Å². The molecule has 0 spiro atoms. The summed E-state index contributed by atoms with van der Waals surface area (Å²) in [4.78, 5) is 16.5. The van der Waals surface area contributed by atoms with Crippen molar-refractivity contribution in [1.29, 1.82) is 0 Å². The van der Waals surface area contributed by atoms with Crippen LogP contribution in [0.1, 0.15) is 75.3 Å². The second kappa shape index (κ2) is 8.49. The predicted molar refractivity (Wildman–Crippen MR) is 128 cm³/mol. The first-order valence-electron chi connectivity index (χ1n) is 11.4. The lowest BCUT2D eigenvalue weighted by atomic mass is 9.75. The first kappa shape index (κ1) is 22.2. The standard InChI is InChI=1S/C26H33N3O3/c1-16(2)32-20-10-8-18(9-11-20)27-25-28-22-14-21(24(30)31)17(3)13-23(22)29(25)19-7-6-12-26(4,5)15-19/h8-11,13-14,16,19H,6-7,12,15H2,1-5H3,(H,27,28)(H,30,31)/t19-/m1/s1. The van der Waals surface area contributed by atoms with Crippen molar-refractivity contribution in [3.05, 3.63) is 47.5 Å². The Labute approximate surface area is 189 Å². The molecule has 1 aromatic heterocycles. The number of imidazole rings is 1. The first-order chi connectivity index (χ1) is 15.1. The van der Waals surface area contributed by atoms with E-state index in [1.165, 1.54) is 12.8 Å². The molecule has 0 aliphatic heterocycles. The third kappa shape index (κ3) is 4.59. The zero-order valence-electron chi connectivity index (χ0n) is 19.6. The third-order valence-electron chi connectivity index (χ3n) is 6.29. The number of carboxylic acids is 1. The predicted octanol–water partition coefficient (Wildman–Crippen LogP) is 6.72. The van der Waals surface area contributed by atoms with Gasteiger partial charge in [-0.05, 0) is 87.4 Å². The van der Waals surface area contributed by atoms with Crippen LogP contribution in [0.3, 0.4) is 0 Å². The van der Waals surface area contributed by atoms with Gasteiger partial charge < -0.3 is 19.7 Å². The second-order valence-electron chi connectivity index (χ2n) is 10.00. The number of carbonyl (C=O) groups is 1. The smallest absolute Gasteiger partial charge is 0.336 e. The Balaban J connectivity index is 1.77. The van der Waals surface area contributed by atoms with E-state index in [9.17, 15) is 9.90 Å². The SMILES string of the molecule is Cc1cc2c(cc1C(=O)O)nc(Nc1ccc(OC(C)C)cc1)n2[C@@H]1CCCC(C)(C)C1. The molecule has 4 rings (SSSR count). The largest absolute Gasteiger partial charge is 0.491 e. The number of aryl methyl sites for hydroxylation is 1. The number of anilines is 2. The molecule has 1 heterocycles. The summed E-state index contributed by atoms with van der Waals surface area (Å²) >= 11 is 0. The molecule has 0 radical (unpaired) electrons. The minimum atomic E-state index is -0.923. The number of hydrogen-bond acceptors (Lipinski definition) is 4. The van der Waals surface area contributed by atoms with E-state index < -0.39 is 5.97 Å². The van der Waals surface area contributed by atoms with E-state index in [0.29, 0.717) is 17.1 Å². The molecule has 2 N–H and O–H groups in total. The van der Waals surface area contributed by atoms with Crippen molar-refractivity contribution in [3.8, 4) is 5.75 Å². The maximum Gasteiger partial charge on any atom is 0.336 e. The average Bonchev–Trinajstić information content (AvgIpc) is 3.04. The van der Waals surface area contributed by atoms with Crippen molar-refractivity contribution in [2.45, 2.75) is 72.4 Å². The molecule has 0 amide bonds. The van der Waals surface area contributed by atoms with Crippen molar-refractivity contribution in [2.75, 3.05) is 5.32 Å². The van der Waals surface area contributed by atoms with Gasteiger partial charge in [0.15, 0.2) is 0 Å². The molecule has 6 nitrogen and oxygen atoms in total. The van der Waals surface area contributed by atoms with Gasteiger partial charge in [0.05, 0.1) is 22.7 Å². The number of ether oxygens (including phenoxy) is 1. The van der Waals surface area contributed by atoms with Crippen molar-refractivity contribution in [3.63, 3.8) is 0 Å². The summed E-state index contributed by atoms with van der Waals surface area (Å²) in [7, 11) is 0.